The molecule has 4 rings (SSSR count). The number of hydrogen-bond acceptors (Lipinski definition) is 5. The van der Waals surface area contributed by atoms with Gasteiger partial charge in [-0.05, 0) is 91.2 Å². The molecule has 0 saturated carbocycles. The van der Waals surface area contributed by atoms with Crippen molar-refractivity contribution in [3.8, 4) is 0 Å². The van der Waals surface area contributed by atoms with Crippen LogP contribution in [0.15, 0.2) is 42.1 Å². The number of hydrogen-bond donors (Lipinski definition) is 1. The van der Waals surface area contributed by atoms with E-state index in [1.54, 1.807) is 0 Å². The minimum atomic E-state index is -0.660. The van der Waals surface area contributed by atoms with Gasteiger partial charge in [0.15, 0.2) is 0 Å². The lowest BCUT2D eigenvalue weighted by Crippen LogP contribution is -2.43. The number of carbonyl (C=O) groups is 1. The van der Waals surface area contributed by atoms with E-state index >= 15 is 0 Å². The van der Waals surface area contributed by atoms with Crippen molar-refractivity contribution in [2.24, 2.45) is 5.92 Å². The maximum Gasteiger partial charge on any atom is 0.495 e. The van der Waals surface area contributed by atoms with Crippen LogP contribution >= 0.6 is 0 Å². The van der Waals surface area contributed by atoms with Crippen LogP contribution in [0.1, 0.15) is 85.5 Å². The summed E-state index contributed by atoms with van der Waals surface area (Å²) in [6, 6.07) is 5.68. The molecular formula is C27H39B2NO5. The molecule has 1 aliphatic carbocycles. The second-order valence-electron chi connectivity index (χ2n) is 12.1. The Hall–Kier alpha value is -1.86. The van der Waals surface area contributed by atoms with Gasteiger partial charge in [-0.1, -0.05) is 37.3 Å². The van der Waals surface area contributed by atoms with E-state index in [1.165, 1.54) is 0 Å². The average molecular weight is 479 g/mol. The predicted octanol–water partition coefficient (Wildman–Crippen LogP) is 3.88. The number of carbonyl (C=O) groups excluding carboxylic acids is 1. The number of allylic oxidation sites excluding steroid dienone is 3. The Morgan fingerprint density at radius 1 is 0.857 bits per heavy atom. The van der Waals surface area contributed by atoms with Crippen molar-refractivity contribution in [2.45, 2.75) is 97.6 Å². The zero-order chi connectivity index (χ0) is 25.8. The Kier molecular flexibility index (Phi) is 6.67. The molecule has 1 atom stereocenters. The molecule has 1 aromatic rings. The van der Waals surface area contributed by atoms with E-state index in [9.17, 15) is 4.79 Å². The van der Waals surface area contributed by atoms with Crippen LogP contribution in [0.2, 0.25) is 0 Å². The first-order chi connectivity index (χ1) is 16.1. The van der Waals surface area contributed by atoms with Crippen LogP contribution in [0.3, 0.4) is 0 Å². The summed E-state index contributed by atoms with van der Waals surface area (Å²) >= 11 is 0. The Morgan fingerprint density at radius 3 is 1.97 bits per heavy atom. The highest BCUT2D eigenvalue weighted by Crippen LogP contribution is 2.38. The second-order valence-corrected chi connectivity index (χ2v) is 12.1. The van der Waals surface area contributed by atoms with E-state index in [-0.39, 0.29) is 5.91 Å². The van der Waals surface area contributed by atoms with Crippen LogP contribution < -0.4 is 16.2 Å². The summed E-state index contributed by atoms with van der Waals surface area (Å²) < 4.78 is 25.1. The Labute approximate surface area is 211 Å². The topological polar surface area (TPSA) is 66.0 Å². The largest absolute Gasteiger partial charge is 0.495 e. The summed E-state index contributed by atoms with van der Waals surface area (Å²) in [5.74, 6) is 0.339. The standard InChI is InChI=1S/C27H39B2NO5/c1-18-11-10-12-20(15-13-18)30-23(31)21-17-19(28-32-24(2,3)25(4,5)33-28)14-16-22(21)29-34-26(6,7)27(8,9)35-29/h10,12,14-18H,11,13H2,1-9H3,(H,30,31). The van der Waals surface area contributed by atoms with E-state index in [0.717, 1.165) is 24.0 Å². The third kappa shape index (κ3) is 5.04. The SMILES string of the molecule is CC1CC=CC(NC(=O)c2cc(B3OC(C)(C)C(C)(C)O3)ccc2B2OC(C)(C)C(C)(C)O2)=CC1. The van der Waals surface area contributed by atoms with Crippen LogP contribution in [0.25, 0.3) is 0 Å². The smallest absolute Gasteiger partial charge is 0.399 e. The average Bonchev–Trinajstić information content (AvgIpc) is 2.97. The molecule has 3 aliphatic rings. The van der Waals surface area contributed by atoms with Gasteiger partial charge in [-0.15, -0.1) is 0 Å². The van der Waals surface area contributed by atoms with Gasteiger partial charge in [0.25, 0.3) is 5.91 Å². The van der Waals surface area contributed by atoms with Gasteiger partial charge in [0, 0.05) is 11.3 Å². The minimum Gasteiger partial charge on any atom is -0.399 e. The normalized spacial score (nSPS) is 26.4. The van der Waals surface area contributed by atoms with Gasteiger partial charge in [0.1, 0.15) is 0 Å². The lowest BCUT2D eigenvalue weighted by atomic mass is 9.71. The summed E-state index contributed by atoms with van der Waals surface area (Å²) in [6.45, 7) is 18.3. The number of rotatable bonds is 4. The Bertz CT molecular complexity index is 1030. The third-order valence-electron chi connectivity index (χ3n) is 8.19. The minimum absolute atomic E-state index is 0.210. The first-order valence-corrected chi connectivity index (χ1v) is 12.6. The highest BCUT2D eigenvalue weighted by atomic mass is 16.7. The fraction of sp³-hybridized carbons (Fsp3) is 0.593. The van der Waals surface area contributed by atoms with Gasteiger partial charge >= 0.3 is 14.2 Å². The van der Waals surface area contributed by atoms with E-state index in [2.05, 4.69) is 24.4 Å². The van der Waals surface area contributed by atoms with Crippen molar-refractivity contribution in [3.63, 3.8) is 0 Å². The quantitative estimate of drug-likeness (QED) is 0.665. The van der Waals surface area contributed by atoms with Crippen molar-refractivity contribution < 1.29 is 23.4 Å². The van der Waals surface area contributed by atoms with Crippen LogP contribution in [0.5, 0.6) is 0 Å². The monoisotopic (exact) mass is 479 g/mol. The molecule has 1 amide bonds. The van der Waals surface area contributed by atoms with Gasteiger partial charge < -0.3 is 23.9 Å². The maximum atomic E-state index is 13.7. The fourth-order valence-corrected chi connectivity index (χ4v) is 4.28. The molecular weight excluding hydrogens is 440 g/mol. The molecule has 6 nitrogen and oxygen atoms in total. The van der Waals surface area contributed by atoms with Crippen molar-refractivity contribution >= 4 is 31.1 Å². The molecule has 2 fully saturated rings. The molecule has 1 aromatic carbocycles. The van der Waals surface area contributed by atoms with Gasteiger partial charge in [-0.3, -0.25) is 4.79 Å². The molecule has 2 heterocycles. The van der Waals surface area contributed by atoms with Crippen LogP contribution in [-0.4, -0.2) is 42.5 Å². The van der Waals surface area contributed by atoms with E-state index in [1.807, 2.05) is 79.7 Å². The van der Waals surface area contributed by atoms with Gasteiger partial charge in [-0.25, -0.2) is 0 Å². The van der Waals surface area contributed by atoms with Crippen LogP contribution in [-0.2, 0) is 18.6 Å². The maximum absolute atomic E-state index is 13.7. The zero-order valence-corrected chi connectivity index (χ0v) is 22.7. The van der Waals surface area contributed by atoms with E-state index in [4.69, 9.17) is 18.6 Å². The summed E-state index contributed by atoms with van der Waals surface area (Å²) in [4.78, 5) is 13.7. The molecule has 0 bridgehead atoms. The third-order valence-corrected chi connectivity index (χ3v) is 8.19. The van der Waals surface area contributed by atoms with Crippen LogP contribution in [0.4, 0.5) is 0 Å². The summed E-state index contributed by atoms with van der Waals surface area (Å²) in [7, 11) is -1.23. The van der Waals surface area contributed by atoms with Crippen LogP contribution in [0, 0.1) is 5.92 Å². The second kappa shape index (κ2) is 8.91. The molecule has 188 valence electrons. The molecule has 2 saturated heterocycles. The molecule has 0 radical (unpaired) electrons. The highest BCUT2D eigenvalue weighted by Gasteiger charge is 2.54. The van der Waals surface area contributed by atoms with Crippen molar-refractivity contribution in [3.05, 3.63) is 47.7 Å². The van der Waals surface area contributed by atoms with Crippen molar-refractivity contribution in [2.75, 3.05) is 0 Å². The lowest BCUT2D eigenvalue weighted by molar-refractivity contribution is 0.00578. The molecule has 8 heteroatoms. The van der Waals surface area contributed by atoms with Gasteiger partial charge in [0.2, 0.25) is 0 Å². The molecule has 1 N–H and O–H groups in total. The van der Waals surface area contributed by atoms with E-state index in [0.29, 0.717) is 16.9 Å². The number of nitrogens with one attached hydrogen (secondary N) is 1. The van der Waals surface area contributed by atoms with Crippen molar-refractivity contribution in [1.82, 2.24) is 5.32 Å². The number of benzene rings is 1. The molecule has 1 unspecified atom stereocenters. The molecule has 35 heavy (non-hydrogen) atoms. The molecule has 0 aromatic heterocycles. The highest BCUT2D eigenvalue weighted by molar-refractivity contribution is 6.65. The molecule has 0 spiro atoms. The zero-order valence-electron chi connectivity index (χ0n) is 22.7. The fourth-order valence-electron chi connectivity index (χ4n) is 4.28. The molecule has 2 aliphatic heterocycles. The van der Waals surface area contributed by atoms with Gasteiger partial charge in [-0.2, -0.15) is 0 Å². The number of amides is 1. The van der Waals surface area contributed by atoms with E-state index < -0.39 is 36.6 Å². The predicted molar refractivity (Wildman–Crippen MR) is 141 cm³/mol. The summed E-state index contributed by atoms with van der Waals surface area (Å²) in [5.41, 5.74) is 0.786. The van der Waals surface area contributed by atoms with Crippen molar-refractivity contribution in [1.29, 1.82) is 0 Å². The first kappa shape index (κ1) is 26.2. The lowest BCUT2D eigenvalue weighted by Gasteiger charge is -2.32. The summed E-state index contributed by atoms with van der Waals surface area (Å²) in [6.07, 6.45) is 8.08. The summed E-state index contributed by atoms with van der Waals surface area (Å²) in [5, 5.41) is 3.09. The Morgan fingerprint density at radius 2 is 1.40 bits per heavy atom. The van der Waals surface area contributed by atoms with Gasteiger partial charge in [0.05, 0.1) is 22.4 Å². The Balaban J connectivity index is 1.70. The first-order valence-electron chi connectivity index (χ1n) is 12.6.